The predicted molar refractivity (Wildman–Crippen MR) is 71.6 cm³/mol. The second-order valence-electron chi connectivity index (χ2n) is 4.41. The molecule has 6 nitrogen and oxygen atoms in total. The van der Waals surface area contributed by atoms with Crippen molar-refractivity contribution in [3.63, 3.8) is 0 Å². The molecule has 0 aliphatic rings. The van der Waals surface area contributed by atoms with Gasteiger partial charge in [-0.25, -0.2) is 9.18 Å². The highest BCUT2D eigenvalue weighted by molar-refractivity contribution is 6.03. The molecule has 3 aromatic rings. The van der Waals surface area contributed by atoms with E-state index in [1.165, 1.54) is 18.2 Å². The average Bonchev–Trinajstić information content (AvgIpc) is 2.83. The van der Waals surface area contributed by atoms with Gasteiger partial charge >= 0.3 is 5.63 Å². The van der Waals surface area contributed by atoms with E-state index >= 15 is 0 Å². The van der Waals surface area contributed by atoms with Gasteiger partial charge in [0.15, 0.2) is 11.6 Å². The molecule has 1 aromatic carbocycles. The van der Waals surface area contributed by atoms with Crippen molar-refractivity contribution < 1.29 is 18.1 Å². The first-order chi connectivity index (χ1) is 10.0. The van der Waals surface area contributed by atoms with Crippen LogP contribution in [0.25, 0.3) is 10.8 Å². The van der Waals surface area contributed by atoms with Crippen molar-refractivity contribution in [1.82, 2.24) is 5.16 Å². The van der Waals surface area contributed by atoms with Crippen molar-refractivity contribution in [2.45, 2.75) is 6.92 Å². The number of nitrogens with zero attached hydrogens (tertiary/aromatic N) is 1. The Balaban J connectivity index is 2.00. The van der Waals surface area contributed by atoms with Gasteiger partial charge in [-0.05, 0) is 36.6 Å². The summed E-state index contributed by atoms with van der Waals surface area (Å²) >= 11 is 0. The number of aryl methyl sites for hydroxylation is 1. The van der Waals surface area contributed by atoms with E-state index in [-0.39, 0.29) is 22.4 Å². The number of carbonyl (C=O) groups excluding carboxylic acids is 1. The van der Waals surface area contributed by atoms with E-state index in [0.29, 0.717) is 5.76 Å². The number of rotatable bonds is 2. The normalized spacial score (nSPS) is 10.8. The number of anilines is 1. The Kier molecular flexibility index (Phi) is 3.02. The number of hydrogen-bond donors (Lipinski definition) is 1. The van der Waals surface area contributed by atoms with Crippen LogP contribution in [0.3, 0.4) is 0 Å². The summed E-state index contributed by atoms with van der Waals surface area (Å²) < 4.78 is 22.9. The molecule has 0 atom stereocenters. The first kappa shape index (κ1) is 13.0. The molecule has 0 radical (unpaired) electrons. The van der Waals surface area contributed by atoms with Gasteiger partial charge in [0, 0.05) is 6.07 Å². The van der Waals surface area contributed by atoms with Crippen LogP contribution in [0.1, 0.15) is 16.3 Å². The molecule has 0 aliphatic carbocycles. The maximum atomic E-state index is 13.2. The predicted octanol–water partition coefficient (Wildman–Crippen LogP) is 2.48. The van der Waals surface area contributed by atoms with Crippen LogP contribution >= 0.6 is 0 Å². The molecular formula is C14H9FN2O4. The lowest BCUT2D eigenvalue weighted by Gasteiger charge is -2.02. The smallest absolute Gasteiger partial charge is 0.344 e. The molecular weight excluding hydrogens is 279 g/mol. The Morgan fingerprint density at radius 1 is 1.29 bits per heavy atom. The van der Waals surface area contributed by atoms with Crippen molar-refractivity contribution in [3.8, 4) is 0 Å². The van der Waals surface area contributed by atoms with Crippen molar-refractivity contribution in [1.29, 1.82) is 0 Å². The van der Waals surface area contributed by atoms with Crippen LogP contribution in [-0.2, 0) is 0 Å². The van der Waals surface area contributed by atoms with E-state index in [1.54, 1.807) is 6.92 Å². The lowest BCUT2D eigenvalue weighted by molar-refractivity contribution is 0.0992. The van der Waals surface area contributed by atoms with E-state index < -0.39 is 17.3 Å². The maximum absolute atomic E-state index is 13.2. The van der Waals surface area contributed by atoms with E-state index in [2.05, 4.69) is 10.5 Å². The summed E-state index contributed by atoms with van der Waals surface area (Å²) in [6.07, 6.45) is 0. The minimum Gasteiger partial charge on any atom is -0.417 e. The molecule has 1 N–H and O–H groups in total. The highest BCUT2D eigenvalue weighted by Crippen LogP contribution is 2.15. The van der Waals surface area contributed by atoms with Gasteiger partial charge in [-0.3, -0.25) is 4.79 Å². The second-order valence-corrected chi connectivity index (χ2v) is 4.41. The van der Waals surface area contributed by atoms with Gasteiger partial charge in [0.1, 0.15) is 11.6 Å². The Morgan fingerprint density at radius 2 is 2.10 bits per heavy atom. The Labute approximate surface area is 117 Å². The van der Waals surface area contributed by atoms with E-state index in [9.17, 15) is 14.0 Å². The zero-order valence-electron chi connectivity index (χ0n) is 10.8. The summed E-state index contributed by atoms with van der Waals surface area (Å²) in [7, 11) is 0. The van der Waals surface area contributed by atoms with Crippen LogP contribution in [-0.4, -0.2) is 11.1 Å². The van der Waals surface area contributed by atoms with Gasteiger partial charge in [-0.15, -0.1) is 0 Å². The fourth-order valence-electron chi connectivity index (χ4n) is 1.88. The first-order valence-electron chi connectivity index (χ1n) is 6.01. The lowest BCUT2D eigenvalue weighted by Crippen LogP contribution is -2.15. The molecule has 2 aromatic heterocycles. The van der Waals surface area contributed by atoms with Crippen molar-refractivity contribution in [2.24, 2.45) is 0 Å². The van der Waals surface area contributed by atoms with Crippen LogP contribution in [0, 0.1) is 12.7 Å². The lowest BCUT2D eigenvalue weighted by atomic mass is 10.1. The number of hydrogen-bond acceptors (Lipinski definition) is 5. The minimum atomic E-state index is -0.714. The highest BCUT2D eigenvalue weighted by atomic mass is 19.1. The molecule has 2 heterocycles. The molecule has 1 amide bonds. The topological polar surface area (TPSA) is 85.3 Å². The SMILES string of the molecule is Cc1cc(NC(=O)c2cc3cc(F)ccc3c(=O)o2)no1. The molecule has 7 heteroatoms. The highest BCUT2D eigenvalue weighted by Gasteiger charge is 2.14. The number of carbonyl (C=O) groups is 1. The van der Waals surface area contributed by atoms with E-state index in [4.69, 9.17) is 8.94 Å². The number of fused-ring (bicyclic) bond motifs is 1. The van der Waals surface area contributed by atoms with Gasteiger partial charge in [0.2, 0.25) is 0 Å². The number of halogens is 1. The number of aromatic nitrogens is 1. The third-order valence-electron chi connectivity index (χ3n) is 2.82. The average molecular weight is 288 g/mol. The van der Waals surface area contributed by atoms with Gasteiger partial charge < -0.3 is 14.3 Å². The molecule has 106 valence electrons. The molecule has 3 rings (SSSR count). The third kappa shape index (κ3) is 2.53. The zero-order chi connectivity index (χ0) is 15.0. The monoisotopic (exact) mass is 288 g/mol. The molecule has 0 saturated carbocycles. The van der Waals surface area contributed by atoms with Gasteiger partial charge in [-0.1, -0.05) is 5.16 Å². The van der Waals surface area contributed by atoms with Crippen molar-refractivity contribution in [3.05, 3.63) is 58.1 Å². The molecule has 0 fully saturated rings. The number of amides is 1. The molecule has 0 unspecified atom stereocenters. The Morgan fingerprint density at radius 3 is 2.81 bits per heavy atom. The van der Waals surface area contributed by atoms with Gasteiger partial charge in [-0.2, -0.15) is 0 Å². The van der Waals surface area contributed by atoms with Gasteiger partial charge in [0.25, 0.3) is 5.91 Å². The summed E-state index contributed by atoms with van der Waals surface area (Å²) in [6.45, 7) is 1.67. The number of nitrogens with one attached hydrogen (secondary N) is 1. The maximum Gasteiger partial charge on any atom is 0.344 e. The summed E-state index contributed by atoms with van der Waals surface area (Å²) in [5.41, 5.74) is -0.714. The summed E-state index contributed by atoms with van der Waals surface area (Å²) in [4.78, 5) is 23.8. The molecule has 0 aliphatic heterocycles. The Bertz CT molecular complexity index is 897. The molecule has 21 heavy (non-hydrogen) atoms. The summed E-state index contributed by atoms with van der Waals surface area (Å²) in [5.74, 6) is -0.705. The minimum absolute atomic E-state index is 0.194. The van der Waals surface area contributed by atoms with Crippen LogP contribution in [0.5, 0.6) is 0 Å². The fourth-order valence-corrected chi connectivity index (χ4v) is 1.88. The second kappa shape index (κ2) is 4.86. The standard InChI is InChI=1S/C14H9FN2O4/c1-7-4-12(17-21-7)16-13(18)11-6-8-5-9(15)2-3-10(8)14(19)20-11/h2-6H,1H3,(H,16,17,18). The van der Waals surface area contributed by atoms with Gasteiger partial charge in [0.05, 0.1) is 5.39 Å². The van der Waals surface area contributed by atoms with E-state index in [0.717, 1.165) is 12.1 Å². The van der Waals surface area contributed by atoms with Crippen LogP contribution in [0.4, 0.5) is 10.2 Å². The van der Waals surface area contributed by atoms with Crippen LogP contribution in [0.15, 0.2) is 44.1 Å². The van der Waals surface area contributed by atoms with E-state index in [1.807, 2.05) is 0 Å². The van der Waals surface area contributed by atoms with Crippen LogP contribution < -0.4 is 10.9 Å². The fraction of sp³-hybridized carbons (Fsp3) is 0.0714. The zero-order valence-corrected chi connectivity index (χ0v) is 10.8. The van der Waals surface area contributed by atoms with Crippen molar-refractivity contribution in [2.75, 3.05) is 5.32 Å². The summed E-state index contributed by atoms with van der Waals surface area (Å²) in [5, 5.41) is 6.49. The molecule has 0 bridgehead atoms. The van der Waals surface area contributed by atoms with Crippen LogP contribution in [0.2, 0.25) is 0 Å². The third-order valence-corrected chi connectivity index (χ3v) is 2.82. The molecule has 0 saturated heterocycles. The quantitative estimate of drug-likeness (QED) is 0.783. The number of benzene rings is 1. The summed E-state index contributed by atoms with van der Waals surface area (Å²) in [6, 6.07) is 6.42. The van der Waals surface area contributed by atoms with Crippen molar-refractivity contribution >= 4 is 22.5 Å². The largest absolute Gasteiger partial charge is 0.417 e. The Hall–Kier alpha value is -2.96. The first-order valence-corrected chi connectivity index (χ1v) is 6.01. The molecule has 0 spiro atoms.